The Balaban J connectivity index is 2.22. The van der Waals surface area contributed by atoms with Crippen molar-refractivity contribution in [3.8, 4) is 0 Å². The van der Waals surface area contributed by atoms with E-state index < -0.39 is 0 Å². The normalized spacial score (nSPS) is 27.9. The highest BCUT2D eigenvalue weighted by Crippen LogP contribution is 2.18. The molecule has 1 aliphatic heterocycles. The van der Waals surface area contributed by atoms with E-state index in [1.54, 1.807) is 7.11 Å². The maximum atomic E-state index is 5.57. The SMILES string of the molecule is COC1CCN(CCOC(C)C(N)=S)C(C)C1. The predicted octanol–water partition coefficient (Wildman–Crippen LogP) is 1.18. The second kappa shape index (κ2) is 7.26. The molecule has 3 unspecified atom stereocenters. The lowest BCUT2D eigenvalue weighted by atomic mass is 10.0. The Bertz CT molecular complexity index is 251. The number of hydrogen-bond donors (Lipinski definition) is 1. The van der Waals surface area contributed by atoms with E-state index in [4.69, 9.17) is 27.4 Å². The van der Waals surface area contributed by atoms with Crippen LogP contribution in [0.4, 0.5) is 0 Å². The van der Waals surface area contributed by atoms with Crippen LogP contribution in [-0.2, 0) is 9.47 Å². The molecule has 0 aromatic heterocycles. The van der Waals surface area contributed by atoms with Crippen molar-refractivity contribution in [3.63, 3.8) is 0 Å². The molecule has 0 aromatic rings. The topological polar surface area (TPSA) is 47.7 Å². The van der Waals surface area contributed by atoms with Gasteiger partial charge >= 0.3 is 0 Å². The van der Waals surface area contributed by atoms with E-state index in [0.29, 0.717) is 23.7 Å². The molecule has 1 fully saturated rings. The molecule has 1 rings (SSSR count). The average molecular weight is 260 g/mol. The Hall–Kier alpha value is -0.230. The minimum atomic E-state index is -0.128. The van der Waals surface area contributed by atoms with Gasteiger partial charge in [0.05, 0.1) is 12.7 Å². The summed E-state index contributed by atoms with van der Waals surface area (Å²) in [7, 11) is 1.79. The van der Waals surface area contributed by atoms with Gasteiger partial charge in [-0.1, -0.05) is 12.2 Å². The third-order valence-corrected chi connectivity index (χ3v) is 3.78. The number of piperidine rings is 1. The molecule has 1 aliphatic rings. The van der Waals surface area contributed by atoms with Crippen LogP contribution < -0.4 is 5.73 Å². The first-order valence-corrected chi connectivity index (χ1v) is 6.63. The van der Waals surface area contributed by atoms with E-state index >= 15 is 0 Å². The highest BCUT2D eigenvalue weighted by atomic mass is 32.1. The largest absolute Gasteiger partial charge is 0.391 e. The van der Waals surface area contributed by atoms with Crippen molar-refractivity contribution in [2.75, 3.05) is 26.8 Å². The van der Waals surface area contributed by atoms with Gasteiger partial charge in [0.15, 0.2) is 0 Å². The van der Waals surface area contributed by atoms with Crippen LogP contribution >= 0.6 is 12.2 Å². The second-order valence-electron chi connectivity index (χ2n) is 4.68. The van der Waals surface area contributed by atoms with Gasteiger partial charge in [0, 0.05) is 26.2 Å². The summed E-state index contributed by atoms with van der Waals surface area (Å²) < 4.78 is 11.0. The average Bonchev–Trinajstić information content (AvgIpc) is 2.30. The van der Waals surface area contributed by atoms with Gasteiger partial charge in [-0.25, -0.2) is 0 Å². The van der Waals surface area contributed by atoms with Crippen LogP contribution in [0.25, 0.3) is 0 Å². The van der Waals surface area contributed by atoms with Gasteiger partial charge in [-0.3, -0.25) is 4.90 Å². The zero-order valence-electron chi connectivity index (χ0n) is 11.0. The highest BCUT2D eigenvalue weighted by Gasteiger charge is 2.24. The smallest absolute Gasteiger partial charge is 0.104 e. The number of ether oxygens (including phenoxy) is 2. The Morgan fingerprint density at radius 3 is 2.82 bits per heavy atom. The van der Waals surface area contributed by atoms with Crippen molar-refractivity contribution >= 4 is 17.2 Å². The van der Waals surface area contributed by atoms with E-state index in [0.717, 1.165) is 25.9 Å². The lowest BCUT2D eigenvalue weighted by molar-refractivity contribution is 0.00104. The molecule has 1 saturated heterocycles. The Morgan fingerprint density at radius 2 is 2.29 bits per heavy atom. The lowest BCUT2D eigenvalue weighted by Gasteiger charge is -2.37. The molecule has 4 nitrogen and oxygen atoms in total. The summed E-state index contributed by atoms with van der Waals surface area (Å²) in [5.41, 5.74) is 5.50. The number of nitrogens with zero attached hydrogens (tertiary/aromatic N) is 1. The van der Waals surface area contributed by atoms with Crippen molar-refractivity contribution in [3.05, 3.63) is 0 Å². The molecule has 2 N–H and O–H groups in total. The van der Waals surface area contributed by atoms with E-state index in [-0.39, 0.29) is 6.10 Å². The molecule has 0 amide bonds. The summed E-state index contributed by atoms with van der Waals surface area (Å²) in [6, 6.07) is 0.553. The van der Waals surface area contributed by atoms with Crippen molar-refractivity contribution in [2.24, 2.45) is 5.73 Å². The van der Waals surface area contributed by atoms with Crippen molar-refractivity contribution < 1.29 is 9.47 Å². The molecule has 0 bridgehead atoms. The molecule has 0 saturated carbocycles. The minimum Gasteiger partial charge on any atom is -0.391 e. The fourth-order valence-corrected chi connectivity index (χ4v) is 2.22. The van der Waals surface area contributed by atoms with Crippen LogP contribution in [0.1, 0.15) is 26.7 Å². The van der Waals surface area contributed by atoms with Gasteiger partial charge in [-0.2, -0.15) is 0 Å². The Morgan fingerprint density at radius 1 is 1.59 bits per heavy atom. The van der Waals surface area contributed by atoms with Gasteiger partial charge in [0.2, 0.25) is 0 Å². The van der Waals surface area contributed by atoms with Crippen LogP contribution in [0.15, 0.2) is 0 Å². The minimum absolute atomic E-state index is 0.128. The van der Waals surface area contributed by atoms with E-state index in [1.165, 1.54) is 0 Å². The zero-order chi connectivity index (χ0) is 12.8. The first-order chi connectivity index (χ1) is 8.04. The van der Waals surface area contributed by atoms with Gasteiger partial charge in [0.1, 0.15) is 11.1 Å². The van der Waals surface area contributed by atoms with Crippen LogP contribution in [0, 0.1) is 0 Å². The summed E-state index contributed by atoms with van der Waals surface area (Å²) in [6.45, 7) is 6.82. The molecular weight excluding hydrogens is 236 g/mol. The molecule has 17 heavy (non-hydrogen) atoms. The first-order valence-electron chi connectivity index (χ1n) is 6.22. The standard InChI is InChI=1S/C12H24N2O2S/c1-9-8-11(15-3)4-5-14(9)6-7-16-10(2)12(13)17/h9-11H,4-8H2,1-3H3,(H2,13,17). The molecule has 1 heterocycles. The van der Waals surface area contributed by atoms with Crippen LogP contribution in [-0.4, -0.2) is 54.9 Å². The predicted molar refractivity (Wildman–Crippen MR) is 73.3 cm³/mol. The van der Waals surface area contributed by atoms with Gasteiger partial charge in [-0.15, -0.1) is 0 Å². The van der Waals surface area contributed by atoms with Gasteiger partial charge < -0.3 is 15.2 Å². The molecule has 5 heteroatoms. The van der Waals surface area contributed by atoms with Crippen molar-refractivity contribution in [1.29, 1.82) is 0 Å². The van der Waals surface area contributed by atoms with E-state index in [9.17, 15) is 0 Å². The maximum absolute atomic E-state index is 5.57. The molecule has 0 spiro atoms. The molecular formula is C12H24N2O2S. The summed E-state index contributed by atoms with van der Waals surface area (Å²) in [5, 5.41) is 0. The fraction of sp³-hybridized carbons (Fsp3) is 0.917. The van der Waals surface area contributed by atoms with Gasteiger partial charge in [0.25, 0.3) is 0 Å². The summed E-state index contributed by atoms with van der Waals surface area (Å²) in [5.74, 6) is 0. The number of nitrogens with two attached hydrogens (primary N) is 1. The van der Waals surface area contributed by atoms with Gasteiger partial charge in [-0.05, 0) is 26.7 Å². The first kappa shape index (κ1) is 14.8. The second-order valence-corrected chi connectivity index (χ2v) is 5.15. The quantitative estimate of drug-likeness (QED) is 0.727. The Kier molecular flexibility index (Phi) is 6.33. The number of methoxy groups -OCH3 is 1. The van der Waals surface area contributed by atoms with E-state index in [2.05, 4.69) is 11.8 Å². The zero-order valence-corrected chi connectivity index (χ0v) is 11.8. The summed E-state index contributed by atoms with van der Waals surface area (Å²) in [6.07, 6.45) is 2.49. The molecule has 100 valence electrons. The Labute approximate surface area is 109 Å². The van der Waals surface area contributed by atoms with E-state index in [1.807, 2.05) is 6.92 Å². The number of likely N-dealkylation sites (tertiary alicyclic amines) is 1. The highest BCUT2D eigenvalue weighted by molar-refractivity contribution is 7.80. The third kappa shape index (κ3) is 4.87. The van der Waals surface area contributed by atoms with Crippen LogP contribution in [0.2, 0.25) is 0 Å². The van der Waals surface area contributed by atoms with Crippen LogP contribution in [0.5, 0.6) is 0 Å². The number of hydrogen-bond acceptors (Lipinski definition) is 4. The fourth-order valence-electron chi connectivity index (χ4n) is 2.15. The molecule has 3 atom stereocenters. The monoisotopic (exact) mass is 260 g/mol. The number of thiocarbonyl (C=S) groups is 1. The molecule has 0 aromatic carbocycles. The summed E-state index contributed by atoms with van der Waals surface area (Å²) >= 11 is 4.87. The van der Waals surface area contributed by atoms with Crippen LogP contribution in [0.3, 0.4) is 0 Å². The summed E-state index contributed by atoms with van der Waals surface area (Å²) in [4.78, 5) is 2.86. The molecule has 0 aliphatic carbocycles. The number of rotatable bonds is 6. The van der Waals surface area contributed by atoms with Crippen molar-refractivity contribution in [1.82, 2.24) is 4.90 Å². The van der Waals surface area contributed by atoms with Crippen molar-refractivity contribution in [2.45, 2.75) is 44.9 Å². The third-order valence-electron chi connectivity index (χ3n) is 3.45. The maximum Gasteiger partial charge on any atom is 0.104 e. The molecule has 0 radical (unpaired) electrons. The lowest BCUT2D eigenvalue weighted by Crippen LogP contribution is -2.45.